The molecule has 0 saturated carbocycles. The second-order valence-corrected chi connectivity index (χ2v) is 7.60. The molecular formula is C21H22Cl2N2O. The van der Waals surface area contributed by atoms with Gasteiger partial charge in [-0.1, -0.05) is 35.3 Å². The van der Waals surface area contributed by atoms with Crippen molar-refractivity contribution >= 4 is 34.1 Å². The number of hydrogen-bond donors (Lipinski definition) is 2. The van der Waals surface area contributed by atoms with E-state index in [4.69, 9.17) is 27.9 Å². The average Bonchev–Trinajstić information content (AvgIpc) is 2.80. The van der Waals surface area contributed by atoms with Crippen LogP contribution in [0.25, 0.3) is 10.9 Å². The van der Waals surface area contributed by atoms with Gasteiger partial charge < -0.3 is 15.0 Å². The average molecular weight is 389 g/mol. The van der Waals surface area contributed by atoms with Gasteiger partial charge in [-0.3, -0.25) is 0 Å². The molecule has 136 valence electrons. The van der Waals surface area contributed by atoms with Crippen LogP contribution >= 0.6 is 23.2 Å². The minimum atomic E-state index is 0.598. The van der Waals surface area contributed by atoms with Gasteiger partial charge in [-0.05, 0) is 61.2 Å². The van der Waals surface area contributed by atoms with Crippen LogP contribution in [0.2, 0.25) is 10.0 Å². The van der Waals surface area contributed by atoms with E-state index in [1.54, 1.807) is 18.2 Å². The highest BCUT2D eigenvalue weighted by atomic mass is 35.5. The molecule has 0 radical (unpaired) electrons. The fraction of sp³-hybridized carbons (Fsp3) is 0.333. The lowest BCUT2D eigenvalue weighted by Crippen LogP contribution is -2.16. The summed E-state index contributed by atoms with van der Waals surface area (Å²) in [7, 11) is 0. The standard InChI is InChI=1S/C21H22Cl2N2O/c22-15-11-16(23)13-17(12-15)26-10-2-4-14-3-1-5-20-21(14)18-6-8-24-9-7-19(18)25-20/h1,3,5,11-13,24-25H,2,4,6-10H2. The number of rotatable bonds is 5. The molecule has 0 unspecified atom stereocenters. The van der Waals surface area contributed by atoms with Crippen molar-refractivity contribution in [1.82, 2.24) is 10.3 Å². The predicted molar refractivity (Wildman–Crippen MR) is 109 cm³/mol. The molecular weight excluding hydrogens is 367 g/mol. The van der Waals surface area contributed by atoms with Crippen LogP contribution in [0, 0.1) is 0 Å². The largest absolute Gasteiger partial charge is 0.493 e. The Morgan fingerprint density at radius 2 is 1.81 bits per heavy atom. The quantitative estimate of drug-likeness (QED) is 0.591. The predicted octanol–water partition coefficient (Wildman–Crippen LogP) is 5.17. The summed E-state index contributed by atoms with van der Waals surface area (Å²) in [5, 5.41) is 6.09. The molecule has 0 saturated heterocycles. The van der Waals surface area contributed by atoms with Gasteiger partial charge in [-0.2, -0.15) is 0 Å². The number of halogens is 2. The van der Waals surface area contributed by atoms with Crippen molar-refractivity contribution in [2.75, 3.05) is 19.7 Å². The Balaban J connectivity index is 1.46. The van der Waals surface area contributed by atoms with E-state index in [-0.39, 0.29) is 0 Å². The van der Waals surface area contributed by atoms with Gasteiger partial charge in [0.2, 0.25) is 0 Å². The van der Waals surface area contributed by atoms with Gasteiger partial charge in [-0.25, -0.2) is 0 Å². The lowest BCUT2D eigenvalue weighted by molar-refractivity contribution is 0.311. The maximum atomic E-state index is 6.02. The third kappa shape index (κ3) is 3.85. The summed E-state index contributed by atoms with van der Waals surface area (Å²) in [5.41, 5.74) is 5.54. The Labute approximate surface area is 163 Å². The van der Waals surface area contributed by atoms with E-state index >= 15 is 0 Å². The number of aryl methyl sites for hydroxylation is 1. The van der Waals surface area contributed by atoms with Gasteiger partial charge in [0.1, 0.15) is 5.75 Å². The van der Waals surface area contributed by atoms with E-state index in [0.29, 0.717) is 16.7 Å². The van der Waals surface area contributed by atoms with Crippen LogP contribution in [0.15, 0.2) is 36.4 Å². The van der Waals surface area contributed by atoms with Crippen LogP contribution in [0.5, 0.6) is 5.75 Å². The molecule has 1 aromatic heterocycles. The smallest absolute Gasteiger partial charge is 0.122 e. The molecule has 0 amide bonds. The van der Waals surface area contributed by atoms with Gasteiger partial charge in [0, 0.05) is 39.6 Å². The first-order chi connectivity index (χ1) is 12.7. The normalized spacial score (nSPS) is 14.2. The SMILES string of the molecule is Clc1cc(Cl)cc(OCCCc2cccc3[nH]c4c(c23)CCNCC4)c1. The molecule has 3 aromatic rings. The van der Waals surface area contributed by atoms with Crippen LogP contribution in [0.3, 0.4) is 0 Å². The topological polar surface area (TPSA) is 37.0 Å². The Morgan fingerprint density at radius 1 is 1.00 bits per heavy atom. The van der Waals surface area contributed by atoms with E-state index < -0.39 is 0 Å². The monoisotopic (exact) mass is 388 g/mol. The number of H-pyrrole nitrogens is 1. The fourth-order valence-electron chi connectivity index (χ4n) is 3.76. The summed E-state index contributed by atoms with van der Waals surface area (Å²) in [6, 6.07) is 11.9. The van der Waals surface area contributed by atoms with Crippen molar-refractivity contribution in [3.8, 4) is 5.75 Å². The first kappa shape index (κ1) is 17.7. The summed E-state index contributed by atoms with van der Waals surface area (Å²) < 4.78 is 5.83. The highest BCUT2D eigenvalue weighted by Gasteiger charge is 2.16. The molecule has 3 nitrogen and oxygen atoms in total. The van der Waals surface area contributed by atoms with Crippen LogP contribution in [-0.2, 0) is 19.3 Å². The van der Waals surface area contributed by atoms with Crippen molar-refractivity contribution in [2.45, 2.75) is 25.7 Å². The molecule has 1 aliphatic rings. The Morgan fingerprint density at radius 3 is 2.65 bits per heavy atom. The van der Waals surface area contributed by atoms with E-state index in [9.17, 15) is 0 Å². The number of ether oxygens (including phenoxy) is 1. The summed E-state index contributed by atoms with van der Waals surface area (Å²) in [6.45, 7) is 2.74. The summed E-state index contributed by atoms with van der Waals surface area (Å²) in [4.78, 5) is 3.62. The van der Waals surface area contributed by atoms with E-state index in [2.05, 4.69) is 28.5 Å². The minimum Gasteiger partial charge on any atom is -0.493 e. The third-order valence-electron chi connectivity index (χ3n) is 4.90. The Hall–Kier alpha value is -1.68. The summed E-state index contributed by atoms with van der Waals surface area (Å²) >= 11 is 12.0. The van der Waals surface area contributed by atoms with Crippen LogP contribution < -0.4 is 10.1 Å². The molecule has 4 rings (SSSR count). The zero-order chi connectivity index (χ0) is 17.9. The highest BCUT2D eigenvalue weighted by Crippen LogP contribution is 2.29. The number of aromatic nitrogens is 1. The number of fused-ring (bicyclic) bond motifs is 3. The lowest BCUT2D eigenvalue weighted by Gasteiger charge is -2.09. The summed E-state index contributed by atoms with van der Waals surface area (Å²) in [5.74, 6) is 0.724. The molecule has 2 aromatic carbocycles. The fourth-order valence-corrected chi connectivity index (χ4v) is 4.27. The molecule has 0 aliphatic carbocycles. The number of nitrogens with one attached hydrogen (secondary N) is 2. The molecule has 26 heavy (non-hydrogen) atoms. The van der Waals surface area contributed by atoms with Gasteiger partial charge in [0.15, 0.2) is 0 Å². The highest BCUT2D eigenvalue weighted by molar-refractivity contribution is 6.34. The number of benzene rings is 2. The van der Waals surface area contributed by atoms with Crippen molar-refractivity contribution < 1.29 is 4.74 Å². The Kier molecular flexibility index (Phi) is 5.39. The zero-order valence-electron chi connectivity index (χ0n) is 14.6. The Bertz CT molecular complexity index is 900. The number of hydrogen-bond acceptors (Lipinski definition) is 2. The van der Waals surface area contributed by atoms with E-state index in [0.717, 1.165) is 44.5 Å². The molecule has 0 fully saturated rings. The lowest BCUT2D eigenvalue weighted by atomic mass is 9.99. The molecule has 0 bridgehead atoms. The van der Waals surface area contributed by atoms with Crippen molar-refractivity contribution in [1.29, 1.82) is 0 Å². The van der Waals surface area contributed by atoms with E-state index in [1.165, 1.54) is 27.7 Å². The molecule has 5 heteroatoms. The zero-order valence-corrected chi connectivity index (χ0v) is 16.1. The van der Waals surface area contributed by atoms with Crippen LogP contribution in [-0.4, -0.2) is 24.7 Å². The van der Waals surface area contributed by atoms with Crippen molar-refractivity contribution in [3.63, 3.8) is 0 Å². The molecule has 0 atom stereocenters. The number of aromatic amines is 1. The maximum absolute atomic E-state index is 6.02. The third-order valence-corrected chi connectivity index (χ3v) is 5.34. The first-order valence-electron chi connectivity index (χ1n) is 9.11. The molecule has 1 aliphatic heterocycles. The minimum absolute atomic E-state index is 0.598. The molecule has 0 spiro atoms. The van der Waals surface area contributed by atoms with Gasteiger partial charge in [-0.15, -0.1) is 0 Å². The van der Waals surface area contributed by atoms with Crippen LogP contribution in [0.1, 0.15) is 23.2 Å². The van der Waals surface area contributed by atoms with Gasteiger partial charge >= 0.3 is 0 Å². The second-order valence-electron chi connectivity index (χ2n) is 6.73. The van der Waals surface area contributed by atoms with Crippen LogP contribution in [0.4, 0.5) is 0 Å². The first-order valence-corrected chi connectivity index (χ1v) is 9.87. The maximum Gasteiger partial charge on any atom is 0.122 e. The van der Waals surface area contributed by atoms with Crippen molar-refractivity contribution in [2.24, 2.45) is 0 Å². The van der Waals surface area contributed by atoms with Gasteiger partial charge in [0.25, 0.3) is 0 Å². The summed E-state index contributed by atoms with van der Waals surface area (Å²) in [6.07, 6.45) is 4.09. The molecule has 2 heterocycles. The second kappa shape index (κ2) is 7.91. The van der Waals surface area contributed by atoms with Gasteiger partial charge in [0.05, 0.1) is 6.61 Å². The van der Waals surface area contributed by atoms with E-state index in [1.807, 2.05) is 0 Å². The van der Waals surface area contributed by atoms with Crippen molar-refractivity contribution in [3.05, 3.63) is 63.3 Å². The molecule has 2 N–H and O–H groups in total.